The largest absolute Gasteiger partial charge is 0.493 e. The van der Waals surface area contributed by atoms with E-state index in [0.717, 1.165) is 35.4 Å². The molecular formula is C22H25N3O3. The molecule has 0 aliphatic carbocycles. The zero-order valence-corrected chi connectivity index (χ0v) is 16.3. The number of rotatable bonds is 6. The SMILES string of the molecule is CCOc1cc(CNC(=O)C2CCn3c(nc4ccccc43)C2)ccc1OC. The van der Waals surface area contributed by atoms with Crippen LogP contribution in [-0.2, 0) is 24.3 Å². The van der Waals surface area contributed by atoms with E-state index in [1.807, 2.05) is 43.3 Å². The van der Waals surface area contributed by atoms with Crippen molar-refractivity contribution in [1.82, 2.24) is 14.9 Å². The number of aromatic nitrogens is 2. The highest BCUT2D eigenvalue weighted by atomic mass is 16.5. The van der Waals surface area contributed by atoms with E-state index in [1.165, 1.54) is 0 Å². The molecule has 0 fully saturated rings. The summed E-state index contributed by atoms with van der Waals surface area (Å²) >= 11 is 0. The molecule has 4 rings (SSSR count). The van der Waals surface area contributed by atoms with Gasteiger partial charge in [-0.15, -0.1) is 0 Å². The van der Waals surface area contributed by atoms with Crippen LogP contribution in [0.2, 0.25) is 0 Å². The average molecular weight is 379 g/mol. The number of fused-ring (bicyclic) bond motifs is 3. The summed E-state index contributed by atoms with van der Waals surface area (Å²) in [7, 11) is 1.62. The van der Waals surface area contributed by atoms with Gasteiger partial charge in [-0.1, -0.05) is 18.2 Å². The molecule has 0 bridgehead atoms. The van der Waals surface area contributed by atoms with Crippen LogP contribution in [0, 0.1) is 5.92 Å². The van der Waals surface area contributed by atoms with Crippen LogP contribution in [0.1, 0.15) is 24.7 Å². The van der Waals surface area contributed by atoms with Gasteiger partial charge in [-0.2, -0.15) is 0 Å². The molecule has 1 aromatic heterocycles. The van der Waals surface area contributed by atoms with Crippen LogP contribution in [0.25, 0.3) is 11.0 Å². The Balaban J connectivity index is 1.41. The first-order valence-corrected chi connectivity index (χ1v) is 9.71. The minimum atomic E-state index is -0.0473. The molecule has 1 amide bonds. The molecule has 1 N–H and O–H groups in total. The molecule has 6 nitrogen and oxygen atoms in total. The summed E-state index contributed by atoms with van der Waals surface area (Å²) in [6.45, 7) is 3.79. The van der Waals surface area contributed by atoms with Gasteiger partial charge in [-0.3, -0.25) is 4.79 Å². The van der Waals surface area contributed by atoms with Gasteiger partial charge in [0.05, 0.1) is 24.8 Å². The number of ether oxygens (including phenoxy) is 2. The van der Waals surface area contributed by atoms with Gasteiger partial charge in [0.25, 0.3) is 0 Å². The van der Waals surface area contributed by atoms with Gasteiger partial charge in [-0.05, 0) is 43.2 Å². The number of hydrogen-bond donors (Lipinski definition) is 1. The van der Waals surface area contributed by atoms with Crippen molar-refractivity contribution in [2.24, 2.45) is 5.92 Å². The van der Waals surface area contributed by atoms with Crippen LogP contribution in [0.4, 0.5) is 0 Å². The first-order valence-electron chi connectivity index (χ1n) is 9.71. The zero-order valence-electron chi connectivity index (χ0n) is 16.3. The van der Waals surface area contributed by atoms with E-state index in [0.29, 0.717) is 31.1 Å². The summed E-state index contributed by atoms with van der Waals surface area (Å²) in [5.41, 5.74) is 3.14. The van der Waals surface area contributed by atoms with Crippen LogP contribution < -0.4 is 14.8 Å². The normalized spacial score (nSPS) is 15.9. The number of nitrogens with zero attached hydrogens (tertiary/aromatic N) is 2. The molecule has 6 heteroatoms. The zero-order chi connectivity index (χ0) is 19.5. The van der Waals surface area contributed by atoms with Crippen LogP contribution in [0.5, 0.6) is 11.5 Å². The fraction of sp³-hybridized carbons (Fsp3) is 0.364. The molecule has 0 saturated heterocycles. The Labute approximate surface area is 164 Å². The second-order valence-electron chi connectivity index (χ2n) is 6.99. The molecule has 28 heavy (non-hydrogen) atoms. The van der Waals surface area contributed by atoms with Crippen molar-refractivity contribution in [3.05, 3.63) is 53.9 Å². The van der Waals surface area contributed by atoms with Gasteiger partial charge >= 0.3 is 0 Å². The molecule has 0 spiro atoms. The number of carbonyl (C=O) groups excluding carboxylic acids is 1. The molecule has 1 aliphatic rings. The average Bonchev–Trinajstić information content (AvgIpc) is 3.10. The number of methoxy groups -OCH3 is 1. The van der Waals surface area contributed by atoms with E-state index >= 15 is 0 Å². The Hall–Kier alpha value is -3.02. The Morgan fingerprint density at radius 1 is 1.25 bits per heavy atom. The molecule has 0 saturated carbocycles. The molecule has 0 radical (unpaired) electrons. The van der Waals surface area contributed by atoms with Gasteiger partial charge < -0.3 is 19.4 Å². The molecule has 2 heterocycles. The molecule has 1 unspecified atom stereocenters. The summed E-state index contributed by atoms with van der Waals surface area (Å²) in [6.07, 6.45) is 1.50. The highest BCUT2D eigenvalue weighted by Gasteiger charge is 2.26. The summed E-state index contributed by atoms with van der Waals surface area (Å²) in [5.74, 6) is 2.42. The standard InChI is InChI=1S/C22H25N3O3/c1-3-28-20-12-15(8-9-19(20)27-2)14-23-22(26)16-10-11-25-18-7-5-4-6-17(18)24-21(25)13-16/h4-9,12,16H,3,10-11,13-14H2,1-2H3,(H,23,26). The number of hydrogen-bond acceptors (Lipinski definition) is 4. The van der Waals surface area contributed by atoms with Crippen molar-refractivity contribution in [2.45, 2.75) is 32.9 Å². The topological polar surface area (TPSA) is 65.4 Å². The van der Waals surface area contributed by atoms with Gasteiger partial charge in [-0.25, -0.2) is 4.98 Å². The number of imidazole rings is 1. The molecular weight excluding hydrogens is 354 g/mol. The van der Waals surface area contributed by atoms with Gasteiger partial charge in [0.2, 0.25) is 5.91 Å². The van der Waals surface area contributed by atoms with E-state index in [4.69, 9.17) is 14.5 Å². The fourth-order valence-electron chi connectivity index (χ4n) is 3.79. The van der Waals surface area contributed by atoms with Crippen molar-refractivity contribution in [3.8, 4) is 11.5 Å². The Bertz CT molecular complexity index is 996. The van der Waals surface area contributed by atoms with Crippen LogP contribution in [0.15, 0.2) is 42.5 Å². The maximum atomic E-state index is 12.7. The molecule has 1 atom stereocenters. The lowest BCUT2D eigenvalue weighted by Crippen LogP contribution is -2.35. The minimum Gasteiger partial charge on any atom is -0.493 e. The number of aryl methyl sites for hydroxylation is 1. The van der Waals surface area contributed by atoms with Crippen LogP contribution in [-0.4, -0.2) is 29.2 Å². The number of carbonyl (C=O) groups is 1. The van der Waals surface area contributed by atoms with Gasteiger partial charge in [0.1, 0.15) is 5.82 Å². The summed E-state index contributed by atoms with van der Waals surface area (Å²) in [4.78, 5) is 17.4. The van der Waals surface area contributed by atoms with Crippen molar-refractivity contribution >= 4 is 16.9 Å². The minimum absolute atomic E-state index is 0.0473. The van der Waals surface area contributed by atoms with E-state index in [9.17, 15) is 4.79 Å². The third kappa shape index (κ3) is 3.54. The monoisotopic (exact) mass is 379 g/mol. The van der Waals surface area contributed by atoms with E-state index in [2.05, 4.69) is 16.0 Å². The maximum absolute atomic E-state index is 12.7. The summed E-state index contributed by atoms with van der Waals surface area (Å²) < 4.78 is 13.2. The molecule has 3 aromatic rings. The third-order valence-corrected chi connectivity index (χ3v) is 5.23. The smallest absolute Gasteiger partial charge is 0.223 e. The van der Waals surface area contributed by atoms with Crippen molar-refractivity contribution in [2.75, 3.05) is 13.7 Å². The first kappa shape index (κ1) is 18.3. The molecule has 146 valence electrons. The predicted octanol–water partition coefficient (Wildman–Crippen LogP) is 3.32. The van der Waals surface area contributed by atoms with E-state index in [1.54, 1.807) is 7.11 Å². The number of nitrogens with one attached hydrogen (secondary N) is 1. The Morgan fingerprint density at radius 3 is 2.93 bits per heavy atom. The maximum Gasteiger partial charge on any atom is 0.223 e. The summed E-state index contributed by atoms with van der Waals surface area (Å²) in [5, 5.41) is 3.07. The van der Waals surface area contributed by atoms with E-state index in [-0.39, 0.29) is 11.8 Å². The van der Waals surface area contributed by atoms with E-state index < -0.39 is 0 Å². The van der Waals surface area contributed by atoms with Gasteiger partial charge in [0, 0.05) is 25.4 Å². The van der Waals surface area contributed by atoms with Crippen LogP contribution in [0.3, 0.4) is 0 Å². The highest BCUT2D eigenvalue weighted by molar-refractivity contribution is 5.80. The van der Waals surface area contributed by atoms with Crippen molar-refractivity contribution < 1.29 is 14.3 Å². The predicted molar refractivity (Wildman–Crippen MR) is 108 cm³/mol. The Kier molecular flexibility index (Phi) is 5.19. The quantitative estimate of drug-likeness (QED) is 0.714. The first-order chi connectivity index (χ1) is 13.7. The summed E-state index contributed by atoms with van der Waals surface area (Å²) in [6, 6.07) is 13.9. The number of amides is 1. The lowest BCUT2D eigenvalue weighted by Gasteiger charge is -2.23. The van der Waals surface area contributed by atoms with Gasteiger partial charge in [0.15, 0.2) is 11.5 Å². The highest BCUT2D eigenvalue weighted by Crippen LogP contribution is 2.28. The van der Waals surface area contributed by atoms with Crippen molar-refractivity contribution in [3.63, 3.8) is 0 Å². The second kappa shape index (κ2) is 7.92. The lowest BCUT2D eigenvalue weighted by molar-refractivity contribution is -0.125. The number of benzene rings is 2. The fourth-order valence-corrected chi connectivity index (χ4v) is 3.79. The number of para-hydroxylation sites is 2. The van der Waals surface area contributed by atoms with Crippen LogP contribution >= 0.6 is 0 Å². The lowest BCUT2D eigenvalue weighted by atomic mass is 9.96. The van der Waals surface area contributed by atoms with Crippen molar-refractivity contribution in [1.29, 1.82) is 0 Å². The second-order valence-corrected chi connectivity index (χ2v) is 6.99. The third-order valence-electron chi connectivity index (χ3n) is 5.23. The molecule has 1 aliphatic heterocycles. The molecule has 2 aromatic carbocycles. The Morgan fingerprint density at radius 2 is 2.11 bits per heavy atom.